The van der Waals surface area contributed by atoms with Crippen molar-refractivity contribution in [2.75, 3.05) is 0 Å². The number of fused-ring (bicyclic) bond motifs is 6. The summed E-state index contributed by atoms with van der Waals surface area (Å²) in [5, 5.41) is 2.52. The highest BCUT2D eigenvalue weighted by Crippen LogP contribution is 2.36. The molecule has 0 fully saturated rings. The molecular weight excluding hydrogens is 1380 g/mol. The highest BCUT2D eigenvalue weighted by atomic mass is 15.2. The van der Waals surface area contributed by atoms with Crippen LogP contribution in [0.5, 0.6) is 0 Å². The Morgan fingerprint density at radius 1 is 0.283 bits per heavy atom. The fraction of sp³-hybridized carbons (Fsp3) is 0.214. The molecule has 10 nitrogen and oxygen atoms in total. The average molecular weight is 1490 g/mol. The van der Waals surface area contributed by atoms with Crippen LogP contribution in [0.3, 0.4) is 0 Å². The van der Waals surface area contributed by atoms with Crippen molar-refractivity contribution in [3.05, 3.63) is 336 Å². The number of imidazole rings is 5. The first-order valence-electron chi connectivity index (χ1n) is 39.6. The van der Waals surface area contributed by atoms with E-state index in [0.717, 1.165) is 0 Å². The molecule has 0 aliphatic carbocycles. The van der Waals surface area contributed by atoms with Crippen LogP contribution in [-0.4, -0.2) is 22.8 Å². The van der Waals surface area contributed by atoms with Gasteiger partial charge in [0.25, 0.3) is 29.1 Å². The van der Waals surface area contributed by atoms with Crippen molar-refractivity contribution >= 4 is 65.9 Å². The molecule has 566 valence electrons. The molecule has 18 rings (SSSR count). The van der Waals surface area contributed by atoms with E-state index >= 15 is 0 Å². The summed E-state index contributed by atoms with van der Waals surface area (Å²) in [6.45, 7) is 24.4. The Labute approximate surface area is 667 Å². The van der Waals surface area contributed by atoms with Gasteiger partial charge >= 0.3 is 0 Å². The van der Waals surface area contributed by atoms with Crippen LogP contribution in [0, 0.1) is 41.5 Å². The summed E-state index contributed by atoms with van der Waals surface area (Å²) in [5.74, 6) is 6.74. The van der Waals surface area contributed by atoms with E-state index in [0.29, 0.717) is 5.92 Å². The molecule has 0 saturated heterocycles. The Kier molecular flexibility index (Phi) is 21.9. The van der Waals surface area contributed by atoms with Crippen LogP contribution in [-0.2, 0) is 68.8 Å². The van der Waals surface area contributed by atoms with Crippen molar-refractivity contribution in [2.24, 2.45) is 63.4 Å². The van der Waals surface area contributed by atoms with Crippen molar-refractivity contribution in [3.8, 4) is 73.8 Å². The van der Waals surface area contributed by atoms with Crippen LogP contribution in [0.25, 0.3) is 140 Å². The number of aromatic nitrogens is 10. The summed E-state index contributed by atoms with van der Waals surface area (Å²) < 4.78 is 23.0. The van der Waals surface area contributed by atoms with Gasteiger partial charge < -0.3 is 0 Å². The molecule has 5 aromatic heterocycles. The Hall–Kier alpha value is -12.5. The molecule has 113 heavy (non-hydrogen) atoms. The smallest absolute Gasteiger partial charge is 0.226 e. The van der Waals surface area contributed by atoms with Gasteiger partial charge in [-0.1, -0.05) is 234 Å². The van der Waals surface area contributed by atoms with Crippen LogP contribution in [0.15, 0.2) is 291 Å². The summed E-state index contributed by atoms with van der Waals surface area (Å²) in [6, 6.07) is 104. The van der Waals surface area contributed by atoms with E-state index in [9.17, 15) is 0 Å². The molecule has 0 atom stereocenters. The molecule has 18 aromatic rings. The molecule has 0 aliphatic heterocycles. The third kappa shape index (κ3) is 14.8. The van der Waals surface area contributed by atoms with Crippen LogP contribution < -0.4 is 22.8 Å². The van der Waals surface area contributed by atoms with Crippen molar-refractivity contribution in [3.63, 3.8) is 0 Å². The van der Waals surface area contributed by atoms with Crippen LogP contribution in [0.4, 0.5) is 0 Å². The largest absolute Gasteiger partial charge is 0.295 e. The monoisotopic (exact) mass is 1490 g/mol. The predicted octanol–water partition coefficient (Wildman–Crippen LogP) is 21.9. The van der Waals surface area contributed by atoms with Gasteiger partial charge in [-0.3, -0.25) is 0 Å². The van der Waals surface area contributed by atoms with E-state index in [1.807, 2.05) is 0 Å². The third-order valence-corrected chi connectivity index (χ3v) is 23.1. The Balaban J connectivity index is 0.000000118. The van der Waals surface area contributed by atoms with Gasteiger partial charge in [0.1, 0.15) is 5.69 Å². The first kappa shape index (κ1) is 77.2. The van der Waals surface area contributed by atoms with Gasteiger partial charge in [0.15, 0.2) is 55.2 Å². The fourth-order valence-electron chi connectivity index (χ4n) is 16.7. The zero-order valence-corrected chi connectivity index (χ0v) is 69.8. The second-order valence-corrected chi connectivity index (χ2v) is 32.0. The van der Waals surface area contributed by atoms with Gasteiger partial charge in [-0.05, 0) is 205 Å². The van der Waals surface area contributed by atoms with Crippen LogP contribution in [0.1, 0.15) is 85.0 Å². The van der Waals surface area contributed by atoms with Crippen LogP contribution >= 0.6 is 0 Å². The molecule has 0 radical (unpaired) electrons. The Morgan fingerprint density at radius 3 is 1.12 bits per heavy atom. The fourth-order valence-corrected chi connectivity index (χ4v) is 16.7. The number of aryl methyl sites for hydroxylation is 15. The first-order valence-corrected chi connectivity index (χ1v) is 39.6. The Morgan fingerprint density at radius 2 is 0.646 bits per heavy atom. The normalized spacial score (nSPS) is 11.4. The number of nitrogens with zero attached hydrogens (tertiary/aromatic N) is 10. The van der Waals surface area contributed by atoms with Gasteiger partial charge in [0.2, 0.25) is 0 Å². The van der Waals surface area contributed by atoms with Gasteiger partial charge in [-0.2, -0.15) is 4.57 Å². The van der Waals surface area contributed by atoms with Crippen molar-refractivity contribution in [1.82, 2.24) is 22.8 Å². The molecule has 0 unspecified atom stereocenters. The maximum atomic E-state index is 2.40. The van der Waals surface area contributed by atoms with Crippen molar-refractivity contribution in [1.29, 1.82) is 0 Å². The van der Waals surface area contributed by atoms with E-state index in [1.165, 1.54) is 184 Å². The number of hydrogen-bond acceptors (Lipinski definition) is 0. The number of para-hydroxylation sites is 10. The lowest BCUT2D eigenvalue weighted by Gasteiger charge is -2.20. The maximum absolute atomic E-state index is 2.40. The first-order chi connectivity index (χ1) is 54.3. The predicted molar refractivity (Wildman–Crippen MR) is 472 cm³/mol. The molecule has 0 amide bonds. The summed E-state index contributed by atoms with van der Waals surface area (Å²) in [5.41, 5.74) is 33.4. The topological polar surface area (TPSA) is 44.0 Å². The molecule has 0 bridgehead atoms. The highest BCUT2D eigenvalue weighted by molar-refractivity contribution is 5.94. The molecule has 0 spiro atoms. The maximum Gasteiger partial charge on any atom is 0.295 e. The summed E-state index contributed by atoms with van der Waals surface area (Å²) in [4.78, 5) is 0. The van der Waals surface area contributed by atoms with Crippen molar-refractivity contribution in [2.45, 2.75) is 87.5 Å². The molecule has 10 heteroatoms. The molecule has 0 aliphatic rings. The minimum atomic E-state index is 0.158. The summed E-state index contributed by atoms with van der Waals surface area (Å²) in [7, 11) is 19.3. The third-order valence-electron chi connectivity index (χ3n) is 23.1. The van der Waals surface area contributed by atoms with E-state index < -0.39 is 0 Å². The zero-order chi connectivity index (χ0) is 79.8. The summed E-state index contributed by atoms with van der Waals surface area (Å²) in [6.07, 6.45) is 0. The zero-order valence-electron chi connectivity index (χ0n) is 69.8. The lowest BCUT2D eigenvalue weighted by atomic mass is 9.85. The highest BCUT2D eigenvalue weighted by Gasteiger charge is 2.31. The van der Waals surface area contributed by atoms with Gasteiger partial charge in [0.05, 0.1) is 91.2 Å². The van der Waals surface area contributed by atoms with E-state index in [2.05, 4.69) is 476 Å². The second kappa shape index (κ2) is 32.1. The van der Waals surface area contributed by atoms with Gasteiger partial charge in [-0.25, -0.2) is 41.1 Å². The van der Waals surface area contributed by atoms with E-state index in [1.54, 1.807) is 0 Å². The second-order valence-electron chi connectivity index (χ2n) is 32.0. The molecular formula is C103H109N10+5. The van der Waals surface area contributed by atoms with Gasteiger partial charge in [0, 0.05) is 5.39 Å². The number of rotatable bonds is 8. The molecule has 13 aromatic carbocycles. The average Bonchev–Trinajstić information content (AvgIpc) is 1.61. The number of hydrogen-bond donors (Lipinski definition) is 0. The molecule has 0 N–H and O–H groups in total. The Bertz CT molecular complexity index is 6410. The summed E-state index contributed by atoms with van der Waals surface area (Å²) >= 11 is 0. The van der Waals surface area contributed by atoms with Crippen molar-refractivity contribution < 1.29 is 22.8 Å². The van der Waals surface area contributed by atoms with E-state index in [-0.39, 0.29) is 5.41 Å². The standard InChI is InChI=1S/C25H21N2.C22H21N2.C20H25N2.C19H23N2.C17H19N2/c1-18-10-3-5-13-20(18)25-26(2)23-15-7-8-16-24(23)27(25)22-17-9-12-19-11-4-6-14-21(19)22;1-16-13-14-18(17-9-5-4-6-10-17)15-19(16)22-23(2)20-11-7-8-12-21(20)24(22)3;1-14-11-12-15(20(2,3)4)13-16(14)19-21(5)17-9-7-8-10-18(17)22(19)6;1-13(2)15-11-10-14(3)16(12-15)19-20(4)17-8-6-7-9-18(17)21(19)5;1-12-9-10-13(2)14(11-12)17-18(3)15-7-5-6-8-16(15)19(17)4/h3-17H,1-2H3;4-15H,1-3H3;7-13H,1-6H3;6-13H,1-5H3;5-11H,1-4H3/q5*+1. The molecule has 0 saturated carbocycles. The minimum absolute atomic E-state index is 0.158. The number of benzene rings is 13. The SMILES string of the molecule is Cc1ccc(-c2ccccc2)cc1-c1n(C)c2ccccc2[n+]1C.Cc1ccc(C(C)(C)C)cc1-c1n(C)c2ccccc2[n+]1C.Cc1ccc(C(C)C)cc1-c1n(C)c2ccccc2[n+]1C.Cc1ccc(C)c(-c2n(C)c3ccccc3[n+]2C)c1.Cc1ccccc1-c1n(-c2cccc3ccccc23)c2ccccc2[n+]1C. The quantitative estimate of drug-likeness (QED) is 0.136. The lowest BCUT2D eigenvalue weighted by molar-refractivity contribution is -0.634. The minimum Gasteiger partial charge on any atom is -0.226 e. The lowest BCUT2D eigenvalue weighted by Crippen LogP contribution is -2.30. The molecule has 5 heterocycles. The van der Waals surface area contributed by atoms with Crippen LogP contribution in [0.2, 0.25) is 0 Å². The van der Waals surface area contributed by atoms with E-state index in [4.69, 9.17) is 0 Å². The van der Waals surface area contributed by atoms with Gasteiger partial charge in [-0.15, -0.1) is 0 Å².